The zero-order valence-corrected chi connectivity index (χ0v) is 12.8. The van der Waals surface area contributed by atoms with Crippen molar-refractivity contribution in [1.29, 1.82) is 0 Å². The van der Waals surface area contributed by atoms with Crippen LogP contribution in [0, 0.1) is 0 Å². The van der Waals surface area contributed by atoms with E-state index in [1.807, 2.05) is 13.2 Å². The lowest BCUT2D eigenvalue weighted by Gasteiger charge is -2.21. The Balaban J connectivity index is 2.21. The molecule has 2 unspecified atom stereocenters. The number of nitrogens with two attached hydrogens (primary N) is 1. The number of nitrogens with one attached hydrogen (secondary N) is 1. The average Bonchev–Trinajstić information content (AvgIpc) is 2.78. The van der Waals surface area contributed by atoms with E-state index in [9.17, 15) is 9.90 Å². The highest BCUT2D eigenvalue weighted by Gasteiger charge is 2.22. The summed E-state index contributed by atoms with van der Waals surface area (Å²) in [7, 11) is 0. The van der Waals surface area contributed by atoms with E-state index in [1.165, 1.54) is 23.1 Å². The van der Waals surface area contributed by atoms with Crippen LogP contribution in [0.4, 0.5) is 5.69 Å². The molecule has 2 rings (SSSR count). The molecular weight excluding hydrogens is 296 g/mol. The van der Waals surface area contributed by atoms with E-state index in [-0.39, 0.29) is 23.8 Å². The third-order valence-corrected chi connectivity index (χ3v) is 5.29. The molecule has 2 heterocycles. The topological polar surface area (TPSA) is 101 Å². The highest BCUT2D eigenvalue weighted by molar-refractivity contribution is 7.99. The molecule has 0 bridgehead atoms. The number of nitrogen functional groups attached to an aromatic ring is 1. The lowest BCUT2D eigenvalue weighted by Crippen LogP contribution is -2.41. The number of thioether (sulfide) groups is 1. The number of amides is 1. The Hall–Kier alpha value is -1.38. The van der Waals surface area contributed by atoms with Crippen molar-refractivity contribution in [2.24, 2.45) is 0 Å². The van der Waals surface area contributed by atoms with Gasteiger partial charge in [0.15, 0.2) is 0 Å². The summed E-state index contributed by atoms with van der Waals surface area (Å²) < 4.78 is 0. The molecule has 108 valence electrons. The summed E-state index contributed by atoms with van der Waals surface area (Å²) in [5.74, 6) is -0.245. The third-order valence-electron chi connectivity index (χ3n) is 3.03. The van der Waals surface area contributed by atoms with Gasteiger partial charge in [-0.1, -0.05) is 0 Å². The van der Waals surface area contributed by atoms with Gasteiger partial charge in [0, 0.05) is 16.7 Å². The Morgan fingerprint density at radius 3 is 3.00 bits per heavy atom. The van der Waals surface area contributed by atoms with Crippen molar-refractivity contribution in [1.82, 2.24) is 15.5 Å². The monoisotopic (exact) mass is 312 g/mol. The molecular formula is C12H16N4O2S2. The zero-order chi connectivity index (χ0) is 14.7. The highest BCUT2D eigenvalue weighted by Crippen LogP contribution is 2.31. The van der Waals surface area contributed by atoms with Crippen LogP contribution in [0.15, 0.2) is 12.3 Å². The smallest absolute Gasteiger partial charge is 0.263 e. The Kier molecular flexibility index (Phi) is 4.79. The summed E-state index contributed by atoms with van der Waals surface area (Å²) in [6, 6.07) is 1.59. The van der Waals surface area contributed by atoms with Gasteiger partial charge in [0.05, 0.1) is 18.5 Å². The lowest BCUT2D eigenvalue weighted by atomic mass is 10.2. The fourth-order valence-corrected chi connectivity index (χ4v) is 3.41. The van der Waals surface area contributed by atoms with Crippen LogP contribution in [0.1, 0.15) is 16.6 Å². The Morgan fingerprint density at radius 1 is 1.65 bits per heavy atom. The summed E-state index contributed by atoms with van der Waals surface area (Å²) in [6.07, 6.45) is 3.44. The van der Waals surface area contributed by atoms with Crippen molar-refractivity contribution in [3.05, 3.63) is 17.1 Å². The molecule has 0 aliphatic heterocycles. The van der Waals surface area contributed by atoms with Crippen LogP contribution >= 0.6 is 23.1 Å². The van der Waals surface area contributed by atoms with Crippen LogP contribution in [0.2, 0.25) is 0 Å². The number of thiophene rings is 1. The minimum atomic E-state index is -0.245. The molecule has 6 nitrogen and oxygen atoms in total. The first-order valence-corrected chi connectivity index (χ1v) is 8.13. The van der Waals surface area contributed by atoms with E-state index in [0.29, 0.717) is 15.4 Å². The summed E-state index contributed by atoms with van der Waals surface area (Å²) in [4.78, 5) is 13.3. The van der Waals surface area contributed by atoms with Crippen LogP contribution < -0.4 is 11.1 Å². The number of anilines is 1. The third kappa shape index (κ3) is 2.87. The number of aliphatic hydroxyl groups excluding tert-OH is 1. The molecule has 0 aliphatic rings. The molecule has 2 atom stereocenters. The predicted molar refractivity (Wildman–Crippen MR) is 83.1 cm³/mol. The van der Waals surface area contributed by atoms with E-state index in [4.69, 9.17) is 5.73 Å². The van der Waals surface area contributed by atoms with E-state index < -0.39 is 0 Å². The maximum Gasteiger partial charge on any atom is 0.263 e. The number of carbonyl (C=O) groups excluding carboxylic acids is 1. The molecule has 8 heteroatoms. The van der Waals surface area contributed by atoms with Gasteiger partial charge in [-0.05, 0) is 19.2 Å². The number of rotatable bonds is 5. The van der Waals surface area contributed by atoms with E-state index in [1.54, 1.807) is 12.3 Å². The number of carbonyl (C=O) groups is 1. The molecule has 0 aliphatic carbocycles. The van der Waals surface area contributed by atoms with Crippen molar-refractivity contribution in [2.75, 3.05) is 18.6 Å². The molecule has 20 heavy (non-hydrogen) atoms. The number of aliphatic hydroxyl groups is 1. The lowest BCUT2D eigenvalue weighted by molar-refractivity contribution is 0.0941. The van der Waals surface area contributed by atoms with Gasteiger partial charge in [0.1, 0.15) is 9.71 Å². The van der Waals surface area contributed by atoms with Gasteiger partial charge in [0.2, 0.25) is 0 Å². The molecule has 4 N–H and O–H groups in total. The van der Waals surface area contributed by atoms with Crippen LogP contribution in [-0.2, 0) is 0 Å². The average molecular weight is 312 g/mol. The summed E-state index contributed by atoms with van der Waals surface area (Å²) in [5.41, 5.74) is 6.41. The Labute approximate surface area is 124 Å². The first-order chi connectivity index (χ1) is 9.58. The van der Waals surface area contributed by atoms with Gasteiger partial charge in [-0.2, -0.15) is 16.9 Å². The summed E-state index contributed by atoms with van der Waals surface area (Å²) >= 11 is 2.73. The quantitative estimate of drug-likeness (QED) is 0.765. The van der Waals surface area contributed by atoms with Crippen LogP contribution in [0.25, 0.3) is 10.2 Å². The number of nitrogens with zero attached hydrogens (tertiary/aromatic N) is 2. The first kappa shape index (κ1) is 15.0. The second-order valence-electron chi connectivity index (χ2n) is 4.31. The van der Waals surface area contributed by atoms with Crippen LogP contribution in [0.3, 0.4) is 0 Å². The zero-order valence-electron chi connectivity index (χ0n) is 11.2. The van der Waals surface area contributed by atoms with Crippen molar-refractivity contribution >= 4 is 44.9 Å². The van der Waals surface area contributed by atoms with Gasteiger partial charge < -0.3 is 16.2 Å². The van der Waals surface area contributed by atoms with Gasteiger partial charge in [-0.25, -0.2) is 0 Å². The van der Waals surface area contributed by atoms with Crippen LogP contribution in [0.5, 0.6) is 0 Å². The fourth-order valence-electron chi connectivity index (χ4n) is 1.84. The second-order valence-corrected chi connectivity index (χ2v) is 6.39. The van der Waals surface area contributed by atoms with Crippen molar-refractivity contribution in [2.45, 2.75) is 18.2 Å². The minimum absolute atomic E-state index is 0.00991. The summed E-state index contributed by atoms with van der Waals surface area (Å²) in [6.45, 7) is 1.87. The number of fused-ring (bicyclic) bond motifs is 1. The van der Waals surface area contributed by atoms with E-state index >= 15 is 0 Å². The number of aromatic nitrogens is 2. The normalized spacial score (nSPS) is 14.2. The van der Waals surface area contributed by atoms with E-state index in [0.717, 1.165) is 5.39 Å². The maximum absolute atomic E-state index is 12.3. The molecule has 2 aromatic rings. The second kappa shape index (κ2) is 6.38. The molecule has 0 saturated carbocycles. The molecule has 0 radical (unpaired) electrons. The summed E-state index contributed by atoms with van der Waals surface area (Å²) in [5, 5.41) is 20.5. The molecule has 1 amide bonds. The van der Waals surface area contributed by atoms with Crippen LogP contribution in [-0.4, -0.2) is 45.4 Å². The SMILES string of the molecule is CSC(CO)C(C)NC(=O)c1sc2nnccc2c1N. The standard InChI is InChI=1S/C12H16N4O2S2/c1-6(8(5-17)19-2)15-11(18)10-9(13)7-3-4-14-16-12(7)20-10/h3-4,6,8,17H,5,13H2,1-2H3,(H,15,18). The van der Waals surface area contributed by atoms with E-state index in [2.05, 4.69) is 15.5 Å². The first-order valence-electron chi connectivity index (χ1n) is 6.02. The van der Waals surface area contributed by atoms with Gasteiger partial charge in [0.25, 0.3) is 5.91 Å². The molecule has 0 fully saturated rings. The van der Waals surface area contributed by atoms with Crippen molar-refractivity contribution in [3.8, 4) is 0 Å². The Morgan fingerprint density at radius 2 is 2.40 bits per heavy atom. The van der Waals surface area contributed by atoms with Crippen molar-refractivity contribution in [3.63, 3.8) is 0 Å². The molecule has 0 aromatic carbocycles. The number of hydrogen-bond donors (Lipinski definition) is 3. The molecule has 0 spiro atoms. The van der Waals surface area contributed by atoms with Gasteiger partial charge >= 0.3 is 0 Å². The largest absolute Gasteiger partial charge is 0.397 e. The van der Waals surface area contributed by atoms with Gasteiger partial charge in [-0.3, -0.25) is 4.79 Å². The predicted octanol–water partition coefficient (Wildman–Crippen LogP) is 1.12. The maximum atomic E-state index is 12.3. The highest BCUT2D eigenvalue weighted by atomic mass is 32.2. The molecule has 2 aromatic heterocycles. The number of hydrogen-bond acceptors (Lipinski definition) is 7. The van der Waals surface area contributed by atoms with Gasteiger partial charge in [-0.15, -0.1) is 16.4 Å². The minimum Gasteiger partial charge on any atom is -0.397 e. The fraction of sp³-hybridized carbons (Fsp3) is 0.417. The van der Waals surface area contributed by atoms with Crippen molar-refractivity contribution < 1.29 is 9.90 Å². The Bertz CT molecular complexity index is 613. The molecule has 0 saturated heterocycles.